The van der Waals surface area contributed by atoms with Gasteiger partial charge in [-0.05, 0) is 36.4 Å². The van der Waals surface area contributed by atoms with Crippen molar-refractivity contribution in [2.45, 2.75) is 4.90 Å². The number of nitrogens with one attached hydrogen (secondary N) is 3. The van der Waals surface area contributed by atoms with Crippen LogP contribution in [0.1, 0.15) is 0 Å². The highest BCUT2D eigenvalue weighted by molar-refractivity contribution is 7.89. The molecule has 3 N–H and O–H groups in total. The lowest BCUT2D eigenvalue weighted by Crippen LogP contribution is -2.46. The molecule has 0 saturated heterocycles. The van der Waals surface area contributed by atoms with Crippen molar-refractivity contribution in [1.29, 1.82) is 0 Å². The normalized spacial score (nSPS) is 10.7. The Bertz CT molecular complexity index is 822. The number of aromatic nitrogens is 1. The first kappa shape index (κ1) is 17.4. The first-order valence-corrected chi connectivity index (χ1v) is 8.09. The predicted octanol–water partition coefficient (Wildman–Crippen LogP) is 0.0384. The minimum Gasteiger partial charge on any atom is -0.497 e. The maximum atomic E-state index is 12.0. The minimum absolute atomic E-state index is 0.103. The van der Waals surface area contributed by atoms with Gasteiger partial charge in [0.05, 0.1) is 12.0 Å². The van der Waals surface area contributed by atoms with Crippen molar-refractivity contribution in [3.8, 4) is 5.75 Å². The highest BCUT2D eigenvalue weighted by Crippen LogP contribution is 2.14. The topological polar surface area (TPSA) is 126 Å². The summed E-state index contributed by atoms with van der Waals surface area (Å²) in [6.07, 6.45) is 1.43. The third kappa shape index (κ3) is 4.51. The number of hydrogen-bond acceptors (Lipinski definition) is 6. The second-order valence-electron chi connectivity index (χ2n) is 4.40. The molecule has 0 fully saturated rings. The lowest BCUT2D eigenvalue weighted by atomic mass is 10.3. The van der Waals surface area contributed by atoms with E-state index in [-0.39, 0.29) is 10.7 Å². The van der Waals surface area contributed by atoms with Gasteiger partial charge < -0.3 is 10.1 Å². The van der Waals surface area contributed by atoms with Crippen LogP contribution in [-0.4, -0.2) is 32.3 Å². The zero-order chi connectivity index (χ0) is 17.6. The van der Waals surface area contributed by atoms with E-state index in [2.05, 4.69) is 10.3 Å². The Morgan fingerprint density at radius 1 is 1.04 bits per heavy atom. The Morgan fingerprint density at radius 2 is 1.75 bits per heavy atom. The van der Waals surface area contributed by atoms with E-state index in [9.17, 15) is 18.0 Å². The molecule has 1 aromatic heterocycles. The summed E-state index contributed by atoms with van der Waals surface area (Å²) in [5.41, 5.74) is 1.82. The summed E-state index contributed by atoms with van der Waals surface area (Å²) in [6, 6.07) is 10.2. The minimum atomic E-state index is -4.02. The molecule has 0 radical (unpaired) electrons. The van der Waals surface area contributed by atoms with E-state index in [0.29, 0.717) is 5.75 Å². The number of rotatable bonds is 5. The van der Waals surface area contributed by atoms with Crippen LogP contribution in [0.15, 0.2) is 53.6 Å². The van der Waals surface area contributed by atoms with Crippen molar-refractivity contribution in [3.63, 3.8) is 0 Å². The molecule has 0 unspecified atom stereocenters. The number of hydrogen-bond donors (Lipinski definition) is 3. The molecular formula is C14H14N4O5S. The Balaban J connectivity index is 1.95. The quantitative estimate of drug-likeness (QED) is 0.516. The molecule has 2 aromatic rings. The molecule has 1 aromatic carbocycles. The van der Waals surface area contributed by atoms with Gasteiger partial charge in [0.25, 0.3) is 10.0 Å². The number of hydrazine groups is 1. The van der Waals surface area contributed by atoms with Gasteiger partial charge in [0.15, 0.2) is 0 Å². The number of pyridine rings is 1. The number of methoxy groups -OCH3 is 1. The zero-order valence-electron chi connectivity index (χ0n) is 12.5. The Labute approximate surface area is 138 Å². The largest absolute Gasteiger partial charge is 0.497 e. The first-order chi connectivity index (χ1) is 11.4. The third-order valence-corrected chi connectivity index (χ3v) is 4.04. The van der Waals surface area contributed by atoms with E-state index in [1.807, 2.05) is 10.3 Å². The average Bonchev–Trinajstić information content (AvgIpc) is 2.60. The molecule has 2 amide bonds. The van der Waals surface area contributed by atoms with Gasteiger partial charge in [0.2, 0.25) is 0 Å². The standard InChI is InChI=1S/C14H14N4O5S/c1-23-10-5-7-11(8-6-10)24(21,22)18-17-14(20)13(19)16-12-4-2-3-9-15-12/h2-9,18H,1H3,(H,17,20)(H,15,16,19). The van der Waals surface area contributed by atoms with E-state index in [1.165, 1.54) is 43.6 Å². The molecule has 0 aliphatic carbocycles. The molecule has 0 spiro atoms. The summed E-state index contributed by atoms with van der Waals surface area (Å²) in [4.78, 5) is 28.8. The van der Waals surface area contributed by atoms with Crippen molar-refractivity contribution < 1.29 is 22.7 Å². The number of anilines is 1. The SMILES string of the molecule is COc1ccc(S(=O)(=O)NNC(=O)C(=O)Nc2ccccn2)cc1. The van der Waals surface area contributed by atoms with Gasteiger partial charge in [-0.15, -0.1) is 4.83 Å². The molecular weight excluding hydrogens is 336 g/mol. The number of ether oxygens (including phenoxy) is 1. The van der Waals surface area contributed by atoms with E-state index in [4.69, 9.17) is 4.74 Å². The fourth-order valence-electron chi connectivity index (χ4n) is 1.59. The summed E-state index contributed by atoms with van der Waals surface area (Å²) < 4.78 is 28.9. The van der Waals surface area contributed by atoms with Gasteiger partial charge >= 0.3 is 11.8 Å². The molecule has 0 saturated carbocycles. The second kappa shape index (κ2) is 7.53. The van der Waals surface area contributed by atoms with Crippen molar-refractivity contribution in [3.05, 3.63) is 48.7 Å². The van der Waals surface area contributed by atoms with Gasteiger partial charge in [-0.25, -0.2) is 13.4 Å². The number of carbonyl (C=O) groups excluding carboxylic acids is 2. The van der Waals surface area contributed by atoms with E-state index >= 15 is 0 Å². The van der Waals surface area contributed by atoms with Gasteiger partial charge in [0.1, 0.15) is 11.6 Å². The first-order valence-electron chi connectivity index (χ1n) is 6.60. The number of nitrogens with zero attached hydrogens (tertiary/aromatic N) is 1. The van der Waals surface area contributed by atoms with Crippen LogP contribution in [0.25, 0.3) is 0 Å². The predicted molar refractivity (Wildman–Crippen MR) is 84.3 cm³/mol. The molecule has 126 valence electrons. The van der Waals surface area contributed by atoms with Crippen LogP contribution in [0, 0.1) is 0 Å². The van der Waals surface area contributed by atoms with Crippen LogP contribution in [-0.2, 0) is 19.6 Å². The summed E-state index contributed by atoms with van der Waals surface area (Å²) in [5, 5.41) is 2.22. The molecule has 9 nitrogen and oxygen atoms in total. The van der Waals surface area contributed by atoms with Gasteiger partial charge in [-0.2, -0.15) is 0 Å². The Morgan fingerprint density at radius 3 is 2.33 bits per heavy atom. The monoisotopic (exact) mass is 350 g/mol. The van der Waals surface area contributed by atoms with Crippen LogP contribution in [0.5, 0.6) is 5.75 Å². The summed E-state index contributed by atoms with van der Waals surface area (Å²) in [7, 11) is -2.57. The molecule has 0 atom stereocenters. The van der Waals surface area contributed by atoms with Crippen molar-refractivity contribution >= 4 is 27.7 Å². The van der Waals surface area contributed by atoms with Crippen LogP contribution < -0.4 is 20.3 Å². The Hall–Kier alpha value is -2.98. The van der Waals surface area contributed by atoms with Crippen LogP contribution in [0.3, 0.4) is 0 Å². The smallest absolute Gasteiger partial charge is 0.324 e. The number of benzene rings is 1. The molecule has 1 heterocycles. The average molecular weight is 350 g/mol. The highest BCUT2D eigenvalue weighted by atomic mass is 32.2. The number of sulfonamides is 1. The summed E-state index contributed by atoms with van der Waals surface area (Å²) >= 11 is 0. The van der Waals surface area contributed by atoms with Crippen LogP contribution >= 0.6 is 0 Å². The lowest BCUT2D eigenvalue weighted by molar-refractivity contribution is -0.136. The number of carbonyl (C=O) groups is 2. The van der Waals surface area contributed by atoms with Crippen LogP contribution in [0.4, 0.5) is 5.82 Å². The maximum Gasteiger partial charge on any atom is 0.324 e. The fourth-order valence-corrected chi connectivity index (χ4v) is 2.43. The Kier molecular flexibility index (Phi) is 5.45. The van der Waals surface area contributed by atoms with Gasteiger partial charge in [0, 0.05) is 6.20 Å². The molecule has 10 heteroatoms. The van der Waals surface area contributed by atoms with Crippen molar-refractivity contribution in [2.75, 3.05) is 12.4 Å². The molecule has 2 rings (SSSR count). The second-order valence-corrected chi connectivity index (χ2v) is 6.09. The third-order valence-electron chi connectivity index (χ3n) is 2.78. The lowest BCUT2D eigenvalue weighted by Gasteiger charge is -2.09. The summed E-state index contributed by atoms with van der Waals surface area (Å²) in [6.45, 7) is 0. The van der Waals surface area contributed by atoms with Crippen LogP contribution in [0.2, 0.25) is 0 Å². The van der Waals surface area contributed by atoms with Crippen molar-refractivity contribution in [1.82, 2.24) is 15.2 Å². The fraction of sp³-hybridized carbons (Fsp3) is 0.0714. The van der Waals surface area contributed by atoms with Gasteiger partial charge in [-0.1, -0.05) is 6.07 Å². The van der Waals surface area contributed by atoms with Crippen molar-refractivity contribution in [2.24, 2.45) is 0 Å². The maximum absolute atomic E-state index is 12.0. The van der Waals surface area contributed by atoms with E-state index in [1.54, 1.807) is 12.1 Å². The van der Waals surface area contributed by atoms with E-state index < -0.39 is 21.8 Å². The molecule has 24 heavy (non-hydrogen) atoms. The molecule has 0 aliphatic rings. The molecule has 0 aliphatic heterocycles. The highest BCUT2D eigenvalue weighted by Gasteiger charge is 2.19. The number of amides is 2. The summed E-state index contributed by atoms with van der Waals surface area (Å²) in [5.74, 6) is -1.60. The molecule has 0 bridgehead atoms. The van der Waals surface area contributed by atoms with Gasteiger partial charge in [-0.3, -0.25) is 15.0 Å². The van der Waals surface area contributed by atoms with E-state index in [0.717, 1.165) is 0 Å². The zero-order valence-corrected chi connectivity index (χ0v) is 13.3.